The standard InChI is InChI=1S/C18H26O2/c1-3-4-6-11-17(14-16-9-7-5-8-10-16)18-19-13-12-15(2)20-18/h5,7-10,14-15,18H,3-4,6,11-13H2,1-2H3/b17-14-/t15-,18+/m0/s1. The van der Waals surface area contributed by atoms with E-state index in [9.17, 15) is 0 Å². The molecule has 0 unspecified atom stereocenters. The Morgan fingerprint density at radius 3 is 2.75 bits per heavy atom. The molecule has 0 aliphatic carbocycles. The van der Waals surface area contributed by atoms with Crippen LogP contribution < -0.4 is 0 Å². The minimum atomic E-state index is -0.157. The minimum Gasteiger partial charge on any atom is -0.349 e. The van der Waals surface area contributed by atoms with Crippen LogP contribution in [-0.4, -0.2) is 19.0 Å². The van der Waals surface area contributed by atoms with Crippen LogP contribution in [0.1, 0.15) is 51.5 Å². The van der Waals surface area contributed by atoms with Crippen molar-refractivity contribution in [2.75, 3.05) is 6.61 Å². The molecule has 0 aromatic heterocycles. The normalized spacial score (nSPS) is 23.8. The van der Waals surface area contributed by atoms with E-state index in [1.165, 1.54) is 30.4 Å². The lowest BCUT2D eigenvalue weighted by atomic mass is 10.0. The Morgan fingerprint density at radius 1 is 1.25 bits per heavy atom. The van der Waals surface area contributed by atoms with Crippen LogP contribution in [-0.2, 0) is 9.47 Å². The molecule has 0 spiro atoms. The van der Waals surface area contributed by atoms with E-state index < -0.39 is 0 Å². The monoisotopic (exact) mass is 274 g/mol. The summed E-state index contributed by atoms with van der Waals surface area (Å²) in [6, 6.07) is 10.4. The molecule has 2 heteroatoms. The average Bonchev–Trinajstić information content (AvgIpc) is 2.47. The second-order valence-electron chi connectivity index (χ2n) is 5.53. The molecular formula is C18H26O2. The van der Waals surface area contributed by atoms with Gasteiger partial charge >= 0.3 is 0 Å². The van der Waals surface area contributed by atoms with E-state index in [4.69, 9.17) is 9.47 Å². The number of ether oxygens (including phenoxy) is 2. The number of rotatable bonds is 6. The van der Waals surface area contributed by atoms with Gasteiger partial charge in [0.25, 0.3) is 0 Å². The van der Waals surface area contributed by atoms with Gasteiger partial charge in [-0.1, -0.05) is 56.2 Å². The van der Waals surface area contributed by atoms with Crippen LogP contribution in [0.2, 0.25) is 0 Å². The van der Waals surface area contributed by atoms with Crippen LogP contribution in [0.25, 0.3) is 6.08 Å². The molecule has 2 rings (SSSR count). The molecule has 1 heterocycles. The van der Waals surface area contributed by atoms with Crippen molar-refractivity contribution in [3.63, 3.8) is 0 Å². The lowest BCUT2D eigenvalue weighted by Crippen LogP contribution is -2.31. The summed E-state index contributed by atoms with van der Waals surface area (Å²) in [5.74, 6) is 0. The van der Waals surface area contributed by atoms with Crippen molar-refractivity contribution in [3.8, 4) is 0 Å². The van der Waals surface area contributed by atoms with E-state index in [1.54, 1.807) is 0 Å². The van der Waals surface area contributed by atoms with Crippen LogP contribution in [0.5, 0.6) is 0 Å². The fourth-order valence-electron chi connectivity index (χ4n) is 2.45. The highest BCUT2D eigenvalue weighted by molar-refractivity contribution is 5.53. The van der Waals surface area contributed by atoms with Crippen LogP contribution >= 0.6 is 0 Å². The second-order valence-corrected chi connectivity index (χ2v) is 5.53. The summed E-state index contributed by atoms with van der Waals surface area (Å²) in [4.78, 5) is 0. The topological polar surface area (TPSA) is 18.5 Å². The first-order valence-corrected chi connectivity index (χ1v) is 7.82. The molecule has 1 aromatic carbocycles. The summed E-state index contributed by atoms with van der Waals surface area (Å²) in [6.45, 7) is 5.16. The van der Waals surface area contributed by atoms with E-state index >= 15 is 0 Å². The fourth-order valence-corrected chi connectivity index (χ4v) is 2.45. The first-order valence-electron chi connectivity index (χ1n) is 7.82. The first kappa shape index (κ1) is 15.3. The minimum absolute atomic E-state index is 0.157. The van der Waals surface area contributed by atoms with Gasteiger partial charge in [0.05, 0.1) is 12.7 Å². The molecule has 0 bridgehead atoms. The number of hydrogen-bond donors (Lipinski definition) is 0. The Morgan fingerprint density at radius 2 is 2.05 bits per heavy atom. The number of hydrogen-bond acceptors (Lipinski definition) is 2. The molecule has 1 fully saturated rings. The van der Waals surface area contributed by atoms with Crippen molar-refractivity contribution in [2.24, 2.45) is 0 Å². The molecule has 0 N–H and O–H groups in total. The Balaban J connectivity index is 2.09. The van der Waals surface area contributed by atoms with Gasteiger partial charge in [-0.3, -0.25) is 0 Å². The van der Waals surface area contributed by atoms with Gasteiger partial charge in [-0.15, -0.1) is 0 Å². The molecule has 0 saturated carbocycles. The zero-order valence-corrected chi connectivity index (χ0v) is 12.7. The van der Waals surface area contributed by atoms with Gasteiger partial charge in [-0.2, -0.15) is 0 Å². The molecular weight excluding hydrogens is 248 g/mol. The summed E-state index contributed by atoms with van der Waals surface area (Å²) in [7, 11) is 0. The molecule has 0 radical (unpaired) electrons. The summed E-state index contributed by atoms with van der Waals surface area (Å²) >= 11 is 0. The zero-order valence-electron chi connectivity index (χ0n) is 12.7. The van der Waals surface area contributed by atoms with Crippen molar-refractivity contribution in [3.05, 3.63) is 41.5 Å². The Labute approximate surface area is 122 Å². The molecule has 110 valence electrons. The number of benzene rings is 1. The molecule has 1 aliphatic rings. The van der Waals surface area contributed by atoms with Crippen molar-refractivity contribution >= 4 is 6.08 Å². The highest BCUT2D eigenvalue weighted by atomic mass is 16.7. The lowest BCUT2D eigenvalue weighted by Gasteiger charge is -2.30. The molecule has 0 amide bonds. The van der Waals surface area contributed by atoms with Crippen LogP contribution in [0.15, 0.2) is 35.9 Å². The van der Waals surface area contributed by atoms with Gasteiger partial charge < -0.3 is 9.47 Å². The summed E-state index contributed by atoms with van der Waals surface area (Å²) in [5, 5.41) is 0. The third kappa shape index (κ3) is 4.77. The van der Waals surface area contributed by atoms with Gasteiger partial charge in [0.1, 0.15) is 0 Å². The van der Waals surface area contributed by atoms with E-state index in [0.29, 0.717) is 6.10 Å². The first-order chi connectivity index (χ1) is 9.79. The second kappa shape index (κ2) is 8.23. The Bertz CT molecular complexity index is 411. The zero-order chi connectivity index (χ0) is 14.2. The van der Waals surface area contributed by atoms with Crippen molar-refractivity contribution in [1.29, 1.82) is 0 Å². The molecule has 1 aromatic rings. The van der Waals surface area contributed by atoms with Gasteiger partial charge in [0.2, 0.25) is 0 Å². The summed E-state index contributed by atoms with van der Waals surface area (Å²) in [6.07, 6.45) is 8.11. The van der Waals surface area contributed by atoms with Crippen molar-refractivity contribution in [1.82, 2.24) is 0 Å². The van der Waals surface area contributed by atoms with E-state index in [1.807, 2.05) is 6.07 Å². The van der Waals surface area contributed by atoms with Gasteiger partial charge in [-0.25, -0.2) is 0 Å². The van der Waals surface area contributed by atoms with Crippen molar-refractivity contribution < 1.29 is 9.47 Å². The predicted molar refractivity (Wildman–Crippen MR) is 83.5 cm³/mol. The summed E-state index contributed by atoms with van der Waals surface area (Å²) < 4.78 is 11.8. The van der Waals surface area contributed by atoms with E-state index in [-0.39, 0.29) is 6.29 Å². The van der Waals surface area contributed by atoms with Crippen LogP contribution in [0.3, 0.4) is 0 Å². The third-order valence-electron chi connectivity index (χ3n) is 3.67. The molecule has 1 aliphatic heterocycles. The van der Waals surface area contributed by atoms with E-state index in [2.05, 4.69) is 44.2 Å². The Hall–Kier alpha value is -1.12. The largest absolute Gasteiger partial charge is 0.349 e. The van der Waals surface area contributed by atoms with Gasteiger partial charge in [0.15, 0.2) is 6.29 Å². The van der Waals surface area contributed by atoms with E-state index in [0.717, 1.165) is 19.4 Å². The quantitative estimate of drug-likeness (QED) is 0.694. The highest BCUT2D eigenvalue weighted by Gasteiger charge is 2.23. The summed E-state index contributed by atoms with van der Waals surface area (Å²) in [5.41, 5.74) is 2.50. The third-order valence-corrected chi connectivity index (χ3v) is 3.67. The van der Waals surface area contributed by atoms with Gasteiger partial charge in [0, 0.05) is 0 Å². The maximum absolute atomic E-state index is 5.96. The highest BCUT2D eigenvalue weighted by Crippen LogP contribution is 2.24. The SMILES string of the molecule is CCCCC/C(=C/c1ccccc1)[C@@H]1OCC[C@H](C)O1. The number of unbranched alkanes of at least 4 members (excludes halogenated alkanes) is 2. The molecule has 2 atom stereocenters. The predicted octanol–water partition coefficient (Wildman–Crippen LogP) is 4.80. The average molecular weight is 274 g/mol. The van der Waals surface area contributed by atoms with Crippen LogP contribution in [0.4, 0.5) is 0 Å². The smallest absolute Gasteiger partial charge is 0.180 e. The molecule has 20 heavy (non-hydrogen) atoms. The van der Waals surface area contributed by atoms with Gasteiger partial charge in [-0.05, 0) is 37.3 Å². The fraction of sp³-hybridized carbons (Fsp3) is 0.556. The molecule has 1 saturated heterocycles. The Kier molecular flexibility index (Phi) is 6.28. The lowest BCUT2D eigenvalue weighted by molar-refractivity contribution is -0.187. The van der Waals surface area contributed by atoms with Crippen molar-refractivity contribution in [2.45, 2.75) is 58.3 Å². The maximum Gasteiger partial charge on any atom is 0.180 e. The molecule has 2 nitrogen and oxygen atoms in total. The maximum atomic E-state index is 5.96. The van der Waals surface area contributed by atoms with Crippen LogP contribution in [0, 0.1) is 0 Å².